The van der Waals surface area contributed by atoms with E-state index >= 15 is 0 Å². The predicted octanol–water partition coefficient (Wildman–Crippen LogP) is 2.82. The Hall–Kier alpha value is -1.84. The Labute approximate surface area is 172 Å². The molecule has 1 aromatic carbocycles. The van der Waals surface area contributed by atoms with E-state index in [1.165, 1.54) is 0 Å². The number of nitrogens with zero attached hydrogens (tertiary/aromatic N) is 5. The van der Waals surface area contributed by atoms with E-state index in [2.05, 4.69) is 26.5 Å². The van der Waals surface area contributed by atoms with Crippen LogP contribution in [0.25, 0.3) is 0 Å². The molecule has 0 aliphatic heterocycles. The van der Waals surface area contributed by atoms with Crippen LogP contribution in [0.4, 0.5) is 0 Å². The second-order valence-electron chi connectivity index (χ2n) is 6.88. The zero-order valence-electron chi connectivity index (χ0n) is 16.4. The van der Waals surface area contributed by atoms with Crippen LogP contribution in [0, 0.1) is 0 Å². The average Bonchev–Trinajstić information content (AvgIpc) is 2.93. The summed E-state index contributed by atoms with van der Waals surface area (Å²) < 4.78 is 7.81. The first kappa shape index (κ1) is 22.2. The van der Waals surface area contributed by atoms with E-state index in [4.69, 9.17) is 4.74 Å². The highest BCUT2D eigenvalue weighted by atomic mass is 127. The van der Waals surface area contributed by atoms with Crippen molar-refractivity contribution in [1.82, 2.24) is 25.0 Å². The van der Waals surface area contributed by atoms with Gasteiger partial charge in [-0.1, -0.05) is 18.2 Å². The van der Waals surface area contributed by atoms with Gasteiger partial charge in [0.05, 0.1) is 6.54 Å². The average molecular weight is 472 g/mol. The fraction of sp³-hybridized carbons (Fsp3) is 0.500. The van der Waals surface area contributed by atoms with Crippen LogP contribution < -0.4 is 10.1 Å². The summed E-state index contributed by atoms with van der Waals surface area (Å²) >= 11 is 0. The topological polar surface area (TPSA) is 67.6 Å². The maximum absolute atomic E-state index is 6.05. The molecule has 144 valence electrons. The van der Waals surface area contributed by atoms with Crippen molar-refractivity contribution in [3.05, 3.63) is 42.0 Å². The van der Waals surface area contributed by atoms with Crippen molar-refractivity contribution in [1.29, 1.82) is 0 Å². The van der Waals surface area contributed by atoms with E-state index in [0.717, 1.165) is 23.1 Å². The quantitative estimate of drug-likeness (QED) is 0.412. The third-order valence-corrected chi connectivity index (χ3v) is 3.58. The number of aromatic nitrogens is 3. The minimum absolute atomic E-state index is 0. The monoisotopic (exact) mass is 472 g/mol. The van der Waals surface area contributed by atoms with Gasteiger partial charge >= 0.3 is 0 Å². The molecule has 0 aliphatic carbocycles. The van der Waals surface area contributed by atoms with Crippen LogP contribution in [-0.2, 0) is 20.1 Å². The molecule has 0 atom stereocenters. The summed E-state index contributed by atoms with van der Waals surface area (Å²) in [4.78, 5) is 10.6. The van der Waals surface area contributed by atoms with Crippen LogP contribution in [-0.4, -0.2) is 45.3 Å². The standard InChI is InChI=1S/C18H28N6O.HI/c1-18(2,3)25-15-10-8-7-9-14(15)11-20-17(19-4)23(5)12-16-21-13-22-24(16)6;/h7-10,13H,11-12H2,1-6H3,(H,19,20);1H. The zero-order chi connectivity index (χ0) is 18.4. The number of hydrogen-bond donors (Lipinski definition) is 1. The SMILES string of the molecule is CN=C(NCc1ccccc1OC(C)(C)C)N(C)Cc1ncnn1C.I. The lowest BCUT2D eigenvalue weighted by molar-refractivity contribution is 0.129. The van der Waals surface area contributed by atoms with Crippen LogP contribution in [0.1, 0.15) is 32.2 Å². The first-order valence-corrected chi connectivity index (χ1v) is 8.31. The Kier molecular flexibility index (Phi) is 8.32. The van der Waals surface area contributed by atoms with Crippen molar-refractivity contribution in [2.24, 2.45) is 12.0 Å². The number of para-hydroxylation sites is 1. The molecule has 0 amide bonds. The molecule has 1 N–H and O–H groups in total. The second kappa shape index (κ2) is 9.75. The van der Waals surface area contributed by atoms with E-state index < -0.39 is 0 Å². The highest BCUT2D eigenvalue weighted by molar-refractivity contribution is 14.0. The van der Waals surface area contributed by atoms with Gasteiger partial charge in [-0.25, -0.2) is 4.98 Å². The number of guanidine groups is 1. The maximum atomic E-state index is 6.05. The van der Waals surface area contributed by atoms with E-state index in [-0.39, 0.29) is 29.6 Å². The molecule has 0 saturated heterocycles. The van der Waals surface area contributed by atoms with E-state index in [9.17, 15) is 0 Å². The fourth-order valence-electron chi connectivity index (χ4n) is 2.39. The summed E-state index contributed by atoms with van der Waals surface area (Å²) in [6, 6.07) is 8.05. The van der Waals surface area contributed by atoms with Gasteiger partial charge in [0.25, 0.3) is 0 Å². The van der Waals surface area contributed by atoms with Crippen molar-refractivity contribution in [3.8, 4) is 5.75 Å². The molecule has 2 rings (SSSR count). The number of aryl methyl sites for hydroxylation is 1. The highest BCUT2D eigenvalue weighted by Crippen LogP contribution is 2.22. The van der Waals surface area contributed by atoms with Gasteiger partial charge in [0.2, 0.25) is 0 Å². The lowest BCUT2D eigenvalue weighted by atomic mass is 10.1. The summed E-state index contributed by atoms with van der Waals surface area (Å²) in [6.45, 7) is 7.39. The molecule has 1 heterocycles. The molecule has 0 fully saturated rings. The number of nitrogens with one attached hydrogen (secondary N) is 1. The molecule has 2 aromatic rings. The molecule has 1 aromatic heterocycles. The van der Waals surface area contributed by atoms with Gasteiger partial charge < -0.3 is 15.0 Å². The molecule has 26 heavy (non-hydrogen) atoms. The molecule has 0 bridgehead atoms. The summed E-state index contributed by atoms with van der Waals surface area (Å²) in [6.07, 6.45) is 1.56. The van der Waals surface area contributed by atoms with E-state index in [1.807, 2.05) is 58.0 Å². The predicted molar refractivity (Wildman–Crippen MR) is 115 cm³/mol. The number of ether oxygens (including phenoxy) is 1. The Balaban J connectivity index is 0.00000338. The molecule has 0 unspecified atom stereocenters. The van der Waals surface area contributed by atoms with Gasteiger partial charge in [0.1, 0.15) is 23.5 Å². The number of rotatable bonds is 5. The van der Waals surface area contributed by atoms with E-state index in [1.54, 1.807) is 18.1 Å². The van der Waals surface area contributed by atoms with Crippen molar-refractivity contribution >= 4 is 29.9 Å². The van der Waals surface area contributed by atoms with Crippen LogP contribution in [0.15, 0.2) is 35.6 Å². The minimum Gasteiger partial charge on any atom is -0.488 e. The largest absolute Gasteiger partial charge is 0.488 e. The lowest BCUT2D eigenvalue weighted by Gasteiger charge is -2.25. The number of halogens is 1. The Morgan fingerprint density at radius 3 is 2.58 bits per heavy atom. The van der Waals surface area contributed by atoms with Gasteiger partial charge in [-0.3, -0.25) is 9.67 Å². The van der Waals surface area contributed by atoms with Gasteiger partial charge in [0.15, 0.2) is 5.96 Å². The third-order valence-electron chi connectivity index (χ3n) is 3.58. The zero-order valence-corrected chi connectivity index (χ0v) is 18.7. The maximum Gasteiger partial charge on any atom is 0.194 e. The fourth-order valence-corrected chi connectivity index (χ4v) is 2.39. The smallest absolute Gasteiger partial charge is 0.194 e. The molecule has 0 saturated carbocycles. The van der Waals surface area contributed by atoms with Crippen LogP contribution in [0.2, 0.25) is 0 Å². The van der Waals surface area contributed by atoms with Crippen molar-refractivity contribution < 1.29 is 4.74 Å². The van der Waals surface area contributed by atoms with Gasteiger partial charge in [-0.05, 0) is 26.8 Å². The van der Waals surface area contributed by atoms with Crippen molar-refractivity contribution in [2.45, 2.75) is 39.5 Å². The minimum atomic E-state index is -0.236. The first-order chi connectivity index (χ1) is 11.8. The molecular weight excluding hydrogens is 443 g/mol. The summed E-state index contributed by atoms with van der Waals surface area (Å²) in [5.41, 5.74) is 0.852. The first-order valence-electron chi connectivity index (χ1n) is 8.31. The van der Waals surface area contributed by atoms with Gasteiger partial charge in [-0.2, -0.15) is 5.10 Å². The summed E-state index contributed by atoms with van der Waals surface area (Å²) in [7, 11) is 5.63. The number of aliphatic imine (C=N–C) groups is 1. The molecule has 7 nitrogen and oxygen atoms in total. The van der Waals surface area contributed by atoms with E-state index in [0.29, 0.717) is 13.1 Å². The van der Waals surface area contributed by atoms with Crippen LogP contribution in [0.5, 0.6) is 5.75 Å². The summed E-state index contributed by atoms with van der Waals surface area (Å²) in [5, 5.41) is 7.48. The van der Waals surface area contributed by atoms with Crippen LogP contribution in [0.3, 0.4) is 0 Å². The number of benzene rings is 1. The van der Waals surface area contributed by atoms with Gasteiger partial charge in [0, 0.05) is 33.3 Å². The number of hydrogen-bond acceptors (Lipinski definition) is 4. The molecule has 0 aliphatic rings. The van der Waals surface area contributed by atoms with Crippen molar-refractivity contribution in [3.63, 3.8) is 0 Å². The molecule has 0 radical (unpaired) electrons. The summed E-state index contributed by atoms with van der Waals surface area (Å²) in [5.74, 6) is 2.55. The Morgan fingerprint density at radius 2 is 2.00 bits per heavy atom. The molecule has 0 spiro atoms. The van der Waals surface area contributed by atoms with Gasteiger partial charge in [-0.15, -0.1) is 24.0 Å². The van der Waals surface area contributed by atoms with Crippen LogP contribution >= 0.6 is 24.0 Å². The van der Waals surface area contributed by atoms with Crippen molar-refractivity contribution in [2.75, 3.05) is 14.1 Å². The second-order valence-corrected chi connectivity index (χ2v) is 6.88. The third kappa shape index (κ3) is 6.47. The Morgan fingerprint density at radius 1 is 1.31 bits per heavy atom. The lowest BCUT2D eigenvalue weighted by Crippen LogP contribution is -2.38. The highest BCUT2D eigenvalue weighted by Gasteiger charge is 2.15. The normalized spacial score (nSPS) is 11.7. The Bertz CT molecular complexity index is 722. The molecule has 8 heteroatoms. The molecular formula is C18H29IN6O.